The Balaban J connectivity index is 1.61. The molecule has 1 aromatic rings. The van der Waals surface area contributed by atoms with Gasteiger partial charge >= 0.3 is 12.0 Å². The van der Waals surface area contributed by atoms with Gasteiger partial charge in [0.15, 0.2) is 11.5 Å². The van der Waals surface area contributed by atoms with Crippen LogP contribution < -0.4 is 9.47 Å². The molecular formula is C31H47N5O8. The number of hydrogen-bond acceptors (Lipinski definition) is 9. The number of amides is 4. The van der Waals surface area contributed by atoms with Crippen molar-refractivity contribution in [2.45, 2.75) is 57.6 Å². The zero-order valence-corrected chi connectivity index (χ0v) is 26.4. The number of ether oxygens (including phenoxy) is 2. The minimum absolute atomic E-state index is 0.0181. The third-order valence-electron chi connectivity index (χ3n) is 8.93. The first-order valence-corrected chi connectivity index (χ1v) is 15.5. The SMILES string of the molecule is CCCCN(CCCN(C)C)C(=O)CN1C[C@H](c2cc(CO)c3c(c2)OCO3)[C@@H](C(=O)O)[C@@H]1CCN1CCC(=O)N(C)C1=O. The molecule has 0 unspecified atom stereocenters. The minimum Gasteiger partial charge on any atom is -0.481 e. The van der Waals surface area contributed by atoms with Crippen LogP contribution in [0.4, 0.5) is 4.79 Å². The van der Waals surface area contributed by atoms with Crippen LogP contribution in [0.25, 0.3) is 0 Å². The maximum atomic E-state index is 13.8. The number of benzene rings is 1. The van der Waals surface area contributed by atoms with E-state index in [1.807, 2.05) is 23.9 Å². The Labute approximate surface area is 259 Å². The molecular weight excluding hydrogens is 570 g/mol. The largest absolute Gasteiger partial charge is 0.481 e. The number of carboxylic acids is 1. The van der Waals surface area contributed by atoms with E-state index in [4.69, 9.17) is 9.47 Å². The highest BCUT2D eigenvalue weighted by Crippen LogP contribution is 2.44. The lowest BCUT2D eigenvalue weighted by Crippen LogP contribution is -2.52. The van der Waals surface area contributed by atoms with E-state index in [-0.39, 0.29) is 51.3 Å². The first kappa shape index (κ1) is 33.5. The molecule has 4 rings (SSSR count). The molecule has 0 bridgehead atoms. The summed E-state index contributed by atoms with van der Waals surface area (Å²) in [7, 11) is 5.45. The third-order valence-corrected chi connectivity index (χ3v) is 8.93. The van der Waals surface area contributed by atoms with Gasteiger partial charge < -0.3 is 34.4 Å². The number of unbranched alkanes of at least 4 members (excludes halogenated alkanes) is 1. The molecule has 0 saturated carbocycles. The fourth-order valence-corrected chi connectivity index (χ4v) is 6.50. The maximum absolute atomic E-state index is 13.8. The number of imide groups is 1. The summed E-state index contributed by atoms with van der Waals surface area (Å²) in [5.41, 5.74) is 1.21. The molecule has 244 valence electrons. The lowest BCUT2D eigenvalue weighted by molar-refractivity contribution is -0.144. The number of fused-ring (bicyclic) bond motifs is 1. The maximum Gasteiger partial charge on any atom is 0.326 e. The number of carbonyl (C=O) groups is 4. The van der Waals surface area contributed by atoms with E-state index in [1.54, 1.807) is 17.0 Å². The summed E-state index contributed by atoms with van der Waals surface area (Å²) in [6.07, 6.45) is 3.19. The summed E-state index contributed by atoms with van der Waals surface area (Å²) in [6.45, 7) is 4.81. The number of rotatable bonds is 15. The van der Waals surface area contributed by atoms with Crippen molar-refractivity contribution in [1.29, 1.82) is 0 Å². The number of likely N-dealkylation sites (tertiary alicyclic amines) is 1. The Morgan fingerprint density at radius 1 is 1.09 bits per heavy atom. The Hall–Kier alpha value is -3.42. The van der Waals surface area contributed by atoms with E-state index < -0.39 is 29.9 Å². The van der Waals surface area contributed by atoms with Gasteiger partial charge in [-0.05, 0) is 57.6 Å². The molecule has 0 radical (unpaired) electrons. The van der Waals surface area contributed by atoms with Gasteiger partial charge in [-0.3, -0.25) is 24.2 Å². The quantitative estimate of drug-likeness (QED) is 0.298. The van der Waals surface area contributed by atoms with E-state index in [1.165, 1.54) is 7.05 Å². The predicted octanol–water partition coefficient (Wildman–Crippen LogP) is 1.63. The van der Waals surface area contributed by atoms with Crippen LogP contribution in [0.1, 0.15) is 56.1 Å². The van der Waals surface area contributed by atoms with E-state index in [0.717, 1.165) is 30.7 Å². The number of hydrogen-bond donors (Lipinski definition) is 2. The second kappa shape index (κ2) is 15.0. The second-order valence-electron chi connectivity index (χ2n) is 12.2. The van der Waals surface area contributed by atoms with Crippen LogP contribution in [0.15, 0.2) is 12.1 Å². The molecule has 13 nitrogen and oxygen atoms in total. The van der Waals surface area contributed by atoms with Crippen LogP contribution in [-0.4, -0.2) is 138 Å². The van der Waals surface area contributed by atoms with Crippen LogP contribution in [-0.2, 0) is 21.0 Å². The van der Waals surface area contributed by atoms with Crippen LogP contribution in [0.3, 0.4) is 0 Å². The number of carbonyl (C=O) groups excluding carboxylic acids is 3. The van der Waals surface area contributed by atoms with E-state index >= 15 is 0 Å². The second-order valence-corrected chi connectivity index (χ2v) is 12.2. The van der Waals surface area contributed by atoms with Crippen LogP contribution in [0, 0.1) is 5.92 Å². The van der Waals surface area contributed by atoms with Crippen LogP contribution >= 0.6 is 0 Å². The van der Waals surface area contributed by atoms with Gasteiger partial charge in [-0.2, -0.15) is 0 Å². The highest BCUT2D eigenvalue weighted by molar-refractivity contribution is 5.96. The monoisotopic (exact) mass is 617 g/mol. The van der Waals surface area contributed by atoms with Gasteiger partial charge in [-0.25, -0.2) is 4.79 Å². The highest BCUT2D eigenvalue weighted by atomic mass is 16.7. The molecule has 13 heteroatoms. The molecule has 3 aliphatic heterocycles. The first-order chi connectivity index (χ1) is 21.0. The van der Waals surface area contributed by atoms with Crippen molar-refractivity contribution in [2.75, 3.05) is 73.7 Å². The molecule has 2 fully saturated rings. The van der Waals surface area contributed by atoms with Crippen LogP contribution in [0.5, 0.6) is 11.5 Å². The van der Waals surface area contributed by atoms with Crippen molar-refractivity contribution in [3.05, 3.63) is 23.3 Å². The summed E-state index contributed by atoms with van der Waals surface area (Å²) < 4.78 is 11.1. The Bertz CT molecular complexity index is 1210. The average molecular weight is 618 g/mol. The standard InChI is InChI=1S/C31H47N5O8/c1-5-6-11-34(12-7-10-32(2)3)27(39)18-36-17-23(21-15-22(19-37)29-25(16-21)43-20-44-29)28(30(40)41)24(36)8-13-35-14-9-26(38)33(4)31(35)42/h15-16,23-24,28,37H,5-14,17-20H2,1-4H3,(H,40,41)/t23-,24+,28-/m1/s1. The van der Waals surface area contributed by atoms with Gasteiger partial charge in [0.1, 0.15) is 0 Å². The van der Waals surface area contributed by atoms with E-state index in [9.17, 15) is 29.4 Å². The minimum atomic E-state index is -0.996. The van der Waals surface area contributed by atoms with Crippen molar-refractivity contribution in [3.63, 3.8) is 0 Å². The smallest absolute Gasteiger partial charge is 0.326 e. The zero-order valence-electron chi connectivity index (χ0n) is 26.4. The highest BCUT2D eigenvalue weighted by Gasteiger charge is 2.48. The fourth-order valence-electron chi connectivity index (χ4n) is 6.50. The van der Waals surface area contributed by atoms with Crippen LogP contribution in [0.2, 0.25) is 0 Å². The summed E-state index contributed by atoms with van der Waals surface area (Å²) in [4.78, 5) is 60.1. The molecule has 4 amide bonds. The molecule has 0 aliphatic carbocycles. The summed E-state index contributed by atoms with van der Waals surface area (Å²) in [6, 6.07) is 2.59. The number of carboxylic acid groups (broad SMARTS) is 1. The molecule has 44 heavy (non-hydrogen) atoms. The number of aliphatic hydroxyl groups excluding tert-OH is 1. The van der Waals surface area contributed by atoms with E-state index in [2.05, 4.69) is 11.8 Å². The molecule has 1 aromatic carbocycles. The third kappa shape index (κ3) is 7.62. The van der Waals surface area contributed by atoms with Gasteiger partial charge in [0, 0.05) is 63.7 Å². The zero-order chi connectivity index (χ0) is 32.0. The number of urea groups is 1. The molecule has 0 spiro atoms. The summed E-state index contributed by atoms with van der Waals surface area (Å²) in [5.74, 6) is -1.75. The fraction of sp³-hybridized carbons (Fsp3) is 0.677. The topological polar surface area (TPSA) is 143 Å². The average Bonchev–Trinajstić information content (AvgIpc) is 3.61. The van der Waals surface area contributed by atoms with Gasteiger partial charge in [0.25, 0.3) is 0 Å². The molecule has 3 aliphatic rings. The molecule has 0 aromatic heterocycles. The molecule has 3 atom stereocenters. The first-order valence-electron chi connectivity index (χ1n) is 15.5. The van der Waals surface area contributed by atoms with Crippen molar-refractivity contribution in [3.8, 4) is 11.5 Å². The molecule has 2 saturated heterocycles. The van der Waals surface area contributed by atoms with Gasteiger partial charge in [0.2, 0.25) is 18.6 Å². The summed E-state index contributed by atoms with van der Waals surface area (Å²) >= 11 is 0. The summed E-state index contributed by atoms with van der Waals surface area (Å²) in [5, 5.41) is 20.6. The van der Waals surface area contributed by atoms with Crippen molar-refractivity contribution < 1.29 is 38.9 Å². The number of aliphatic carboxylic acids is 1. The number of aliphatic hydroxyl groups is 1. The molecule has 3 heterocycles. The van der Waals surface area contributed by atoms with Crippen molar-refractivity contribution in [2.24, 2.45) is 5.92 Å². The van der Waals surface area contributed by atoms with Crippen molar-refractivity contribution >= 4 is 23.8 Å². The van der Waals surface area contributed by atoms with Gasteiger partial charge in [0.05, 0.1) is 19.1 Å². The Morgan fingerprint density at radius 2 is 1.84 bits per heavy atom. The lowest BCUT2D eigenvalue weighted by atomic mass is 9.83. The molecule has 2 N–H and O–H groups in total. The normalized spacial score (nSPS) is 21.9. The van der Waals surface area contributed by atoms with Gasteiger partial charge in [-0.15, -0.1) is 0 Å². The number of nitrogens with zero attached hydrogens (tertiary/aromatic N) is 5. The Kier molecular flexibility index (Phi) is 11.4. The lowest BCUT2D eigenvalue weighted by Gasteiger charge is -2.34. The Morgan fingerprint density at radius 3 is 2.52 bits per heavy atom. The van der Waals surface area contributed by atoms with Crippen molar-refractivity contribution in [1.82, 2.24) is 24.5 Å². The van der Waals surface area contributed by atoms with E-state index in [0.29, 0.717) is 48.7 Å². The predicted molar refractivity (Wildman–Crippen MR) is 161 cm³/mol. The van der Waals surface area contributed by atoms with Gasteiger partial charge in [-0.1, -0.05) is 13.3 Å².